The summed E-state index contributed by atoms with van der Waals surface area (Å²) < 4.78 is 7.56. The number of fused-ring (bicyclic) bond motifs is 1. The normalized spacial score (nSPS) is 14.9. The zero-order valence-electron chi connectivity index (χ0n) is 19.7. The van der Waals surface area contributed by atoms with Crippen LogP contribution in [0.5, 0.6) is 0 Å². The second-order valence-corrected chi connectivity index (χ2v) is 9.19. The molecule has 1 amide bonds. The van der Waals surface area contributed by atoms with Crippen molar-refractivity contribution in [3.8, 4) is 17.5 Å². The Morgan fingerprint density at radius 3 is 2.58 bits per heavy atom. The Bertz CT molecular complexity index is 1420. The second kappa shape index (κ2) is 10.1. The van der Waals surface area contributed by atoms with Crippen molar-refractivity contribution in [1.29, 1.82) is 5.26 Å². The summed E-state index contributed by atoms with van der Waals surface area (Å²) in [6.45, 7) is 0. The zero-order valence-corrected chi connectivity index (χ0v) is 19.7. The molecule has 0 saturated heterocycles. The van der Waals surface area contributed by atoms with Crippen molar-refractivity contribution < 1.29 is 19.1 Å². The van der Waals surface area contributed by atoms with Gasteiger partial charge in [-0.15, -0.1) is 0 Å². The molecule has 182 valence electrons. The quantitative estimate of drug-likeness (QED) is 0.378. The Labute approximate surface area is 208 Å². The fourth-order valence-electron chi connectivity index (χ4n) is 4.94. The molecule has 0 aliphatic heterocycles. The van der Waals surface area contributed by atoms with Crippen LogP contribution in [0.1, 0.15) is 59.6 Å². The highest BCUT2D eigenvalue weighted by atomic mass is 16.4. The van der Waals surface area contributed by atoms with E-state index in [0.717, 1.165) is 29.7 Å². The van der Waals surface area contributed by atoms with Crippen LogP contribution in [0.15, 0.2) is 65.5 Å². The molecule has 4 aromatic rings. The summed E-state index contributed by atoms with van der Waals surface area (Å²) in [6, 6.07) is 15.1. The molecule has 8 heteroatoms. The van der Waals surface area contributed by atoms with Crippen molar-refractivity contribution >= 4 is 22.9 Å². The number of amides is 1. The van der Waals surface area contributed by atoms with Crippen LogP contribution in [-0.2, 0) is 11.2 Å². The number of nitriles is 1. The van der Waals surface area contributed by atoms with E-state index in [2.05, 4.69) is 9.88 Å². The molecular weight excluding hydrogens is 456 g/mol. The molecule has 2 N–H and O–H groups in total. The fraction of sp³-hybridized carbons (Fsp3) is 0.286. The van der Waals surface area contributed by atoms with Crippen LogP contribution in [-0.4, -0.2) is 32.6 Å². The van der Waals surface area contributed by atoms with E-state index in [1.807, 2.05) is 18.2 Å². The summed E-state index contributed by atoms with van der Waals surface area (Å²) in [5.74, 6) is -0.792. The third-order valence-corrected chi connectivity index (χ3v) is 6.80. The van der Waals surface area contributed by atoms with E-state index in [-0.39, 0.29) is 6.42 Å². The minimum Gasteiger partial charge on any atom is -0.480 e. The fourth-order valence-corrected chi connectivity index (χ4v) is 4.94. The molecule has 0 radical (unpaired) electrons. The number of carboxylic acid groups (broad SMARTS) is 1. The first-order valence-corrected chi connectivity index (χ1v) is 12.1. The largest absolute Gasteiger partial charge is 0.480 e. The number of carbonyl (C=O) groups excluding carboxylic acids is 1. The summed E-state index contributed by atoms with van der Waals surface area (Å²) in [7, 11) is 0. The van der Waals surface area contributed by atoms with Gasteiger partial charge in [-0.1, -0.05) is 31.4 Å². The second-order valence-electron chi connectivity index (χ2n) is 9.19. The lowest BCUT2D eigenvalue weighted by molar-refractivity contribution is -0.139. The molecule has 8 nitrogen and oxygen atoms in total. The number of carboxylic acids is 1. The number of aliphatic carboxylic acids is 1. The predicted octanol–water partition coefficient (Wildman–Crippen LogP) is 5.10. The predicted molar refractivity (Wildman–Crippen MR) is 133 cm³/mol. The van der Waals surface area contributed by atoms with Gasteiger partial charge in [-0.25, -0.2) is 9.78 Å². The number of aromatic nitrogens is 2. The molecule has 1 aliphatic rings. The Morgan fingerprint density at radius 1 is 1.14 bits per heavy atom. The SMILES string of the molecule is N#Cc1ccc(C[C@H](NC(=O)c2ccc3c(c2)nc(-c2ccoc2)n3C2CCCCC2)C(=O)O)cc1. The standard InChI is InChI=1S/C28H26N4O4/c29-16-19-8-6-18(7-9-19)14-24(28(34)35)31-27(33)20-10-11-25-23(15-20)30-26(21-12-13-36-17-21)32(25)22-4-2-1-3-5-22/h6-13,15,17,22,24H,1-5,14H2,(H,31,33)(H,34,35)/t24-/m0/s1. The first kappa shape index (κ1) is 23.4. The van der Waals surface area contributed by atoms with Crippen molar-refractivity contribution in [3.05, 3.63) is 77.7 Å². The third kappa shape index (κ3) is 4.73. The van der Waals surface area contributed by atoms with Crippen LogP contribution < -0.4 is 5.32 Å². The molecule has 36 heavy (non-hydrogen) atoms. The van der Waals surface area contributed by atoms with Crippen molar-refractivity contribution in [2.75, 3.05) is 0 Å². The number of nitrogens with one attached hydrogen (secondary N) is 1. The first-order chi connectivity index (χ1) is 17.5. The van der Waals surface area contributed by atoms with Gasteiger partial charge in [0.1, 0.15) is 18.1 Å². The van der Waals surface area contributed by atoms with Crippen LogP contribution in [0.3, 0.4) is 0 Å². The molecule has 0 spiro atoms. The van der Waals surface area contributed by atoms with Crippen molar-refractivity contribution in [2.24, 2.45) is 0 Å². The van der Waals surface area contributed by atoms with Crippen molar-refractivity contribution in [1.82, 2.24) is 14.9 Å². The summed E-state index contributed by atoms with van der Waals surface area (Å²) in [5.41, 5.74) is 4.07. The molecule has 0 bridgehead atoms. The van der Waals surface area contributed by atoms with Crippen LogP contribution in [0.2, 0.25) is 0 Å². The van der Waals surface area contributed by atoms with Crippen molar-refractivity contribution in [2.45, 2.75) is 50.6 Å². The smallest absolute Gasteiger partial charge is 0.326 e. The number of hydrogen-bond donors (Lipinski definition) is 2. The maximum atomic E-state index is 13.0. The van der Waals surface area contributed by atoms with Gasteiger partial charge in [0.15, 0.2) is 0 Å². The number of nitrogens with zero attached hydrogens (tertiary/aromatic N) is 3. The highest BCUT2D eigenvalue weighted by Gasteiger charge is 2.25. The van der Waals surface area contributed by atoms with Gasteiger partial charge < -0.3 is 19.4 Å². The molecule has 1 aliphatic carbocycles. The van der Waals surface area contributed by atoms with E-state index < -0.39 is 17.9 Å². The Morgan fingerprint density at radius 2 is 1.92 bits per heavy atom. The Balaban J connectivity index is 1.42. The number of benzene rings is 2. The van der Waals surface area contributed by atoms with Crippen LogP contribution >= 0.6 is 0 Å². The summed E-state index contributed by atoms with van der Waals surface area (Å²) in [4.78, 5) is 29.8. The lowest BCUT2D eigenvalue weighted by Gasteiger charge is -2.25. The van der Waals surface area contributed by atoms with Gasteiger partial charge in [0.05, 0.1) is 34.5 Å². The zero-order chi connectivity index (χ0) is 25.1. The summed E-state index contributed by atoms with van der Waals surface area (Å²) in [6.07, 6.45) is 9.14. The van der Waals surface area contributed by atoms with Crippen LogP contribution in [0, 0.1) is 11.3 Å². The topological polar surface area (TPSA) is 121 Å². The molecule has 0 unspecified atom stereocenters. The van der Waals surface area contributed by atoms with Crippen LogP contribution in [0.25, 0.3) is 22.4 Å². The van der Waals surface area contributed by atoms with Crippen LogP contribution in [0.4, 0.5) is 0 Å². The molecular formula is C28H26N4O4. The number of hydrogen-bond acceptors (Lipinski definition) is 5. The average molecular weight is 483 g/mol. The van der Waals surface area contributed by atoms with Gasteiger partial charge in [0, 0.05) is 18.0 Å². The lowest BCUT2D eigenvalue weighted by atomic mass is 9.95. The van der Waals surface area contributed by atoms with Gasteiger partial charge in [-0.2, -0.15) is 5.26 Å². The molecule has 1 fully saturated rings. The maximum Gasteiger partial charge on any atom is 0.326 e. The van der Waals surface area contributed by atoms with Gasteiger partial charge in [-0.05, 0) is 54.8 Å². The lowest BCUT2D eigenvalue weighted by Crippen LogP contribution is -2.42. The number of imidazole rings is 1. The molecule has 1 atom stereocenters. The van der Waals surface area contributed by atoms with E-state index in [0.29, 0.717) is 28.2 Å². The van der Waals surface area contributed by atoms with Gasteiger partial charge in [-0.3, -0.25) is 4.79 Å². The first-order valence-electron chi connectivity index (χ1n) is 12.1. The van der Waals surface area contributed by atoms with E-state index in [1.54, 1.807) is 48.9 Å². The van der Waals surface area contributed by atoms with E-state index in [9.17, 15) is 14.7 Å². The summed E-state index contributed by atoms with van der Waals surface area (Å²) >= 11 is 0. The number of furan rings is 1. The van der Waals surface area contributed by atoms with Gasteiger partial charge >= 0.3 is 5.97 Å². The molecule has 2 heterocycles. The minimum atomic E-state index is -1.13. The minimum absolute atomic E-state index is 0.107. The molecule has 5 rings (SSSR count). The third-order valence-electron chi connectivity index (χ3n) is 6.80. The van der Waals surface area contributed by atoms with E-state index in [4.69, 9.17) is 14.7 Å². The van der Waals surface area contributed by atoms with Gasteiger partial charge in [0.2, 0.25) is 0 Å². The van der Waals surface area contributed by atoms with E-state index >= 15 is 0 Å². The number of carbonyl (C=O) groups is 2. The average Bonchev–Trinajstić information content (AvgIpc) is 3.57. The Hall–Kier alpha value is -4.38. The molecule has 2 aromatic carbocycles. The van der Waals surface area contributed by atoms with E-state index in [1.165, 1.54) is 19.3 Å². The summed E-state index contributed by atoms with van der Waals surface area (Å²) in [5, 5.41) is 21.3. The maximum absolute atomic E-state index is 13.0. The number of rotatable bonds is 7. The van der Waals surface area contributed by atoms with Crippen molar-refractivity contribution in [3.63, 3.8) is 0 Å². The highest BCUT2D eigenvalue weighted by Crippen LogP contribution is 2.36. The molecule has 1 saturated carbocycles. The molecule has 2 aromatic heterocycles. The van der Waals surface area contributed by atoms with Gasteiger partial charge in [0.25, 0.3) is 5.91 Å². The Kier molecular flexibility index (Phi) is 6.54. The monoisotopic (exact) mass is 482 g/mol. The highest BCUT2D eigenvalue weighted by molar-refractivity contribution is 5.99.